The summed E-state index contributed by atoms with van der Waals surface area (Å²) in [5, 5.41) is 12.6. The second kappa shape index (κ2) is 8.14. The molecular formula is C20H24N2O3. The first kappa shape index (κ1) is 17.5. The fourth-order valence-electron chi connectivity index (χ4n) is 3.07. The van der Waals surface area contributed by atoms with Crippen LogP contribution in [0.15, 0.2) is 54.6 Å². The molecule has 2 aromatic carbocycles. The second-order valence-electron chi connectivity index (χ2n) is 6.48. The summed E-state index contributed by atoms with van der Waals surface area (Å²) in [5.41, 5.74) is 0.655. The molecule has 1 heterocycles. The third kappa shape index (κ3) is 4.81. The normalized spacial score (nSPS) is 18.7. The predicted octanol–water partition coefficient (Wildman–Crippen LogP) is 3.12. The van der Waals surface area contributed by atoms with Crippen molar-refractivity contribution in [2.75, 3.05) is 25.0 Å². The van der Waals surface area contributed by atoms with Crippen LogP contribution >= 0.6 is 0 Å². The molecule has 1 aliphatic rings. The Hall–Kier alpha value is -2.37. The highest BCUT2D eigenvalue weighted by atomic mass is 16.5. The van der Waals surface area contributed by atoms with Crippen molar-refractivity contribution in [2.45, 2.75) is 19.4 Å². The van der Waals surface area contributed by atoms with Crippen molar-refractivity contribution in [3.63, 3.8) is 0 Å². The van der Waals surface area contributed by atoms with E-state index in [-0.39, 0.29) is 17.9 Å². The van der Waals surface area contributed by atoms with Crippen LogP contribution in [0.2, 0.25) is 0 Å². The molecule has 0 bridgehead atoms. The summed E-state index contributed by atoms with van der Waals surface area (Å²) in [7, 11) is 0. The van der Waals surface area contributed by atoms with Gasteiger partial charge in [-0.05, 0) is 50.1 Å². The van der Waals surface area contributed by atoms with E-state index in [2.05, 4.69) is 10.2 Å². The van der Waals surface area contributed by atoms with E-state index in [1.54, 1.807) is 0 Å². The lowest BCUT2D eigenvalue weighted by atomic mass is 10.0. The van der Waals surface area contributed by atoms with Gasteiger partial charge in [0.25, 0.3) is 0 Å². The maximum Gasteiger partial charge on any atom is 0.238 e. The minimum atomic E-state index is -0.326. The fraction of sp³-hybridized carbons (Fsp3) is 0.350. The van der Waals surface area contributed by atoms with Crippen molar-refractivity contribution in [1.82, 2.24) is 4.90 Å². The van der Waals surface area contributed by atoms with Gasteiger partial charge in [-0.15, -0.1) is 0 Å². The number of hydrogen-bond donors (Lipinski definition) is 2. The second-order valence-corrected chi connectivity index (χ2v) is 6.48. The number of nitrogens with zero attached hydrogens (tertiary/aromatic N) is 1. The van der Waals surface area contributed by atoms with Crippen LogP contribution in [0.3, 0.4) is 0 Å². The number of rotatable bonds is 6. The van der Waals surface area contributed by atoms with Crippen LogP contribution in [0, 0.1) is 5.92 Å². The van der Waals surface area contributed by atoms with Crippen LogP contribution in [-0.4, -0.2) is 41.7 Å². The van der Waals surface area contributed by atoms with E-state index in [0.29, 0.717) is 18.0 Å². The maximum atomic E-state index is 12.4. The molecule has 1 saturated heterocycles. The maximum absolute atomic E-state index is 12.4. The molecular weight excluding hydrogens is 316 g/mol. The van der Waals surface area contributed by atoms with E-state index in [9.17, 15) is 9.90 Å². The zero-order valence-electron chi connectivity index (χ0n) is 14.4. The van der Waals surface area contributed by atoms with Crippen molar-refractivity contribution in [2.24, 2.45) is 5.92 Å². The molecule has 3 rings (SSSR count). The number of carbonyl (C=O) groups is 1. The smallest absolute Gasteiger partial charge is 0.238 e. The Morgan fingerprint density at radius 1 is 1.24 bits per heavy atom. The average Bonchev–Trinajstić information content (AvgIpc) is 3.06. The number of hydrogen-bond acceptors (Lipinski definition) is 4. The summed E-state index contributed by atoms with van der Waals surface area (Å²) in [6.45, 7) is 3.73. The zero-order valence-corrected chi connectivity index (χ0v) is 14.4. The number of benzene rings is 2. The molecule has 1 fully saturated rings. The van der Waals surface area contributed by atoms with Crippen molar-refractivity contribution in [3.05, 3.63) is 54.6 Å². The van der Waals surface area contributed by atoms with Crippen molar-refractivity contribution >= 4 is 11.6 Å². The van der Waals surface area contributed by atoms with Gasteiger partial charge in [0.15, 0.2) is 5.75 Å². The average molecular weight is 340 g/mol. The van der Waals surface area contributed by atoms with Gasteiger partial charge in [0.2, 0.25) is 5.91 Å². The highest BCUT2D eigenvalue weighted by Crippen LogP contribution is 2.29. The summed E-state index contributed by atoms with van der Waals surface area (Å²) < 4.78 is 5.87. The predicted molar refractivity (Wildman–Crippen MR) is 97.8 cm³/mol. The summed E-state index contributed by atoms with van der Waals surface area (Å²) >= 11 is 0. The number of likely N-dealkylation sites (tertiary alicyclic amines) is 1. The Morgan fingerprint density at radius 2 is 1.96 bits per heavy atom. The van der Waals surface area contributed by atoms with Gasteiger partial charge in [0, 0.05) is 6.54 Å². The van der Waals surface area contributed by atoms with Gasteiger partial charge in [-0.25, -0.2) is 0 Å². The van der Waals surface area contributed by atoms with Crippen LogP contribution in [0.4, 0.5) is 5.69 Å². The third-order valence-electron chi connectivity index (χ3n) is 4.49. The standard InChI is InChI=1S/C20H24N2O3/c1-15(23)16-11-12-22(13-16)14-20(24)21-18-9-5-6-10-19(18)25-17-7-3-2-4-8-17/h2-10,15-16,23H,11-14H2,1H3,(H,21,24). The van der Waals surface area contributed by atoms with E-state index in [0.717, 1.165) is 25.3 Å². The van der Waals surface area contributed by atoms with Gasteiger partial charge in [0.1, 0.15) is 5.75 Å². The number of amides is 1. The van der Waals surface area contributed by atoms with Crippen LogP contribution in [0.1, 0.15) is 13.3 Å². The molecule has 0 saturated carbocycles. The molecule has 0 aliphatic carbocycles. The van der Waals surface area contributed by atoms with Crippen LogP contribution in [0.5, 0.6) is 11.5 Å². The van der Waals surface area contributed by atoms with Crippen molar-refractivity contribution in [3.8, 4) is 11.5 Å². The molecule has 5 heteroatoms. The third-order valence-corrected chi connectivity index (χ3v) is 4.49. The molecule has 25 heavy (non-hydrogen) atoms. The lowest BCUT2D eigenvalue weighted by molar-refractivity contribution is -0.117. The Labute approximate surface area is 148 Å². The van der Waals surface area contributed by atoms with Crippen molar-refractivity contribution < 1.29 is 14.6 Å². The molecule has 5 nitrogen and oxygen atoms in total. The SMILES string of the molecule is CC(O)C1CCN(CC(=O)Nc2ccccc2Oc2ccccc2)C1. The minimum absolute atomic E-state index is 0.0737. The van der Waals surface area contributed by atoms with E-state index < -0.39 is 0 Å². The van der Waals surface area contributed by atoms with E-state index in [1.807, 2.05) is 61.5 Å². The summed E-state index contributed by atoms with van der Waals surface area (Å²) in [6, 6.07) is 16.9. The number of ether oxygens (including phenoxy) is 1. The van der Waals surface area contributed by atoms with Crippen LogP contribution in [0.25, 0.3) is 0 Å². The highest BCUT2D eigenvalue weighted by Gasteiger charge is 2.27. The highest BCUT2D eigenvalue weighted by molar-refractivity contribution is 5.93. The fourth-order valence-corrected chi connectivity index (χ4v) is 3.07. The molecule has 2 unspecified atom stereocenters. The van der Waals surface area contributed by atoms with Crippen LogP contribution in [-0.2, 0) is 4.79 Å². The molecule has 2 aromatic rings. The van der Waals surface area contributed by atoms with Gasteiger partial charge >= 0.3 is 0 Å². The molecule has 0 radical (unpaired) electrons. The lowest BCUT2D eigenvalue weighted by Crippen LogP contribution is -2.32. The number of para-hydroxylation sites is 3. The largest absolute Gasteiger partial charge is 0.455 e. The van der Waals surface area contributed by atoms with Crippen LogP contribution < -0.4 is 10.1 Å². The number of nitrogens with one attached hydrogen (secondary N) is 1. The zero-order chi connectivity index (χ0) is 17.6. The molecule has 1 amide bonds. The quantitative estimate of drug-likeness (QED) is 0.848. The molecule has 2 atom stereocenters. The first-order valence-corrected chi connectivity index (χ1v) is 8.64. The number of anilines is 1. The molecule has 0 spiro atoms. The Morgan fingerprint density at radius 3 is 2.68 bits per heavy atom. The van der Waals surface area contributed by atoms with E-state index in [4.69, 9.17) is 4.74 Å². The number of carbonyl (C=O) groups excluding carboxylic acids is 1. The van der Waals surface area contributed by atoms with Gasteiger partial charge in [0.05, 0.1) is 18.3 Å². The van der Waals surface area contributed by atoms with Crippen molar-refractivity contribution in [1.29, 1.82) is 0 Å². The molecule has 0 aromatic heterocycles. The summed E-state index contributed by atoms with van der Waals surface area (Å²) in [4.78, 5) is 14.5. The first-order valence-electron chi connectivity index (χ1n) is 8.64. The Kier molecular flexibility index (Phi) is 5.68. The van der Waals surface area contributed by atoms with Gasteiger partial charge < -0.3 is 15.2 Å². The molecule has 2 N–H and O–H groups in total. The monoisotopic (exact) mass is 340 g/mol. The summed E-state index contributed by atoms with van der Waals surface area (Å²) in [6.07, 6.45) is 0.603. The van der Waals surface area contributed by atoms with E-state index in [1.165, 1.54) is 0 Å². The Bertz CT molecular complexity index is 703. The molecule has 132 valence electrons. The molecule has 1 aliphatic heterocycles. The minimum Gasteiger partial charge on any atom is -0.455 e. The van der Waals surface area contributed by atoms with Gasteiger partial charge in [-0.3, -0.25) is 9.69 Å². The van der Waals surface area contributed by atoms with Gasteiger partial charge in [-0.1, -0.05) is 30.3 Å². The lowest BCUT2D eigenvalue weighted by Gasteiger charge is -2.18. The topological polar surface area (TPSA) is 61.8 Å². The summed E-state index contributed by atoms with van der Waals surface area (Å²) in [5.74, 6) is 1.52. The number of aliphatic hydroxyl groups is 1. The van der Waals surface area contributed by atoms with Gasteiger partial charge in [-0.2, -0.15) is 0 Å². The first-order chi connectivity index (χ1) is 12.1. The number of aliphatic hydroxyl groups excluding tert-OH is 1. The van der Waals surface area contributed by atoms with E-state index >= 15 is 0 Å². The Balaban J connectivity index is 1.60.